The highest BCUT2D eigenvalue weighted by molar-refractivity contribution is 9.10. The van der Waals surface area contributed by atoms with E-state index in [2.05, 4.69) is 21.2 Å². The zero-order valence-electron chi connectivity index (χ0n) is 9.05. The van der Waals surface area contributed by atoms with E-state index in [1.807, 2.05) is 6.07 Å². The van der Waals surface area contributed by atoms with Gasteiger partial charge in [0, 0.05) is 21.7 Å². The van der Waals surface area contributed by atoms with Crippen LogP contribution in [-0.4, -0.2) is 17.6 Å². The molecule has 0 radical (unpaired) electrons. The number of nitrogens with one attached hydrogen (secondary N) is 1. The van der Waals surface area contributed by atoms with Crippen LogP contribution in [-0.2, 0) is 4.79 Å². The monoisotopic (exact) mass is 305 g/mol. The molecule has 0 spiro atoms. The van der Waals surface area contributed by atoms with Gasteiger partial charge in [0.1, 0.15) is 0 Å². The van der Waals surface area contributed by atoms with Crippen molar-refractivity contribution in [3.8, 4) is 0 Å². The van der Waals surface area contributed by atoms with Crippen LogP contribution in [0.4, 0.5) is 5.69 Å². The van der Waals surface area contributed by atoms with Crippen LogP contribution < -0.4 is 5.32 Å². The molecule has 1 aromatic rings. The molecule has 0 saturated heterocycles. The molecule has 0 heterocycles. The largest absolute Gasteiger partial charge is 0.481 e. The highest BCUT2D eigenvalue weighted by atomic mass is 79.9. The van der Waals surface area contributed by atoms with Gasteiger partial charge in [-0.1, -0.05) is 11.6 Å². The molecule has 0 fully saturated rings. The SMILES string of the molecule is CC(C)(CNc1cc(Cl)ccc1Br)C(=O)O. The van der Waals surface area contributed by atoms with Gasteiger partial charge in [-0.15, -0.1) is 0 Å². The number of hydrogen-bond donors (Lipinski definition) is 2. The maximum atomic E-state index is 10.9. The number of benzene rings is 1. The van der Waals surface area contributed by atoms with Gasteiger partial charge < -0.3 is 10.4 Å². The van der Waals surface area contributed by atoms with E-state index in [9.17, 15) is 4.79 Å². The van der Waals surface area contributed by atoms with Gasteiger partial charge in [0.05, 0.1) is 5.41 Å². The minimum atomic E-state index is -0.835. The van der Waals surface area contributed by atoms with Crippen molar-refractivity contribution in [2.75, 3.05) is 11.9 Å². The fourth-order valence-electron chi connectivity index (χ4n) is 1.02. The summed E-state index contributed by atoms with van der Waals surface area (Å²) in [5.41, 5.74) is -0.0243. The summed E-state index contributed by atoms with van der Waals surface area (Å²) in [6.45, 7) is 3.67. The quantitative estimate of drug-likeness (QED) is 0.893. The lowest BCUT2D eigenvalue weighted by Gasteiger charge is -2.20. The molecule has 0 aliphatic rings. The van der Waals surface area contributed by atoms with Crippen molar-refractivity contribution in [1.82, 2.24) is 0 Å². The third-order valence-corrected chi connectivity index (χ3v) is 3.15. The summed E-state index contributed by atoms with van der Waals surface area (Å²) >= 11 is 9.22. The molecule has 3 nitrogen and oxygen atoms in total. The lowest BCUT2D eigenvalue weighted by molar-refractivity contribution is -0.146. The van der Waals surface area contributed by atoms with Crippen molar-refractivity contribution >= 4 is 39.2 Å². The van der Waals surface area contributed by atoms with E-state index in [4.69, 9.17) is 16.7 Å². The fraction of sp³-hybridized carbons (Fsp3) is 0.364. The van der Waals surface area contributed by atoms with Gasteiger partial charge in [0.2, 0.25) is 0 Å². The molecule has 0 amide bonds. The van der Waals surface area contributed by atoms with Crippen LogP contribution in [0.15, 0.2) is 22.7 Å². The lowest BCUT2D eigenvalue weighted by Crippen LogP contribution is -2.31. The molecular formula is C11H13BrClNO2. The zero-order chi connectivity index (χ0) is 12.3. The van der Waals surface area contributed by atoms with Crippen molar-refractivity contribution in [2.24, 2.45) is 5.41 Å². The molecule has 0 aliphatic carbocycles. The maximum Gasteiger partial charge on any atom is 0.310 e. The molecule has 1 aromatic carbocycles. The second-order valence-corrected chi connectivity index (χ2v) is 5.46. The third-order valence-electron chi connectivity index (χ3n) is 2.23. The molecule has 88 valence electrons. The summed E-state index contributed by atoms with van der Waals surface area (Å²) < 4.78 is 0.859. The van der Waals surface area contributed by atoms with Crippen LogP contribution >= 0.6 is 27.5 Å². The molecule has 0 aliphatic heterocycles. The smallest absolute Gasteiger partial charge is 0.310 e. The van der Waals surface area contributed by atoms with Gasteiger partial charge in [0.15, 0.2) is 0 Å². The first-order valence-electron chi connectivity index (χ1n) is 4.75. The number of carboxylic acid groups (broad SMARTS) is 1. The maximum absolute atomic E-state index is 10.9. The summed E-state index contributed by atoms with van der Waals surface area (Å²) in [6, 6.07) is 5.33. The highest BCUT2D eigenvalue weighted by Crippen LogP contribution is 2.27. The Kier molecular flexibility index (Phi) is 4.21. The lowest BCUT2D eigenvalue weighted by atomic mass is 9.94. The van der Waals surface area contributed by atoms with E-state index >= 15 is 0 Å². The summed E-state index contributed by atoms with van der Waals surface area (Å²) in [4.78, 5) is 10.9. The summed E-state index contributed by atoms with van der Waals surface area (Å²) in [5.74, 6) is -0.835. The molecule has 5 heteroatoms. The number of rotatable bonds is 4. The van der Waals surface area contributed by atoms with E-state index in [1.165, 1.54) is 0 Å². The topological polar surface area (TPSA) is 49.3 Å². The first-order chi connectivity index (χ1) is 7.33. The first kappa shape index (κ1) is 13.3. The number of halogens is 2. The van der Waals surface area contributed by atoms with Crippen molar-refractivity contribution in [2.45, 2.75) is 13.8 Å². The average molecular weight is 307 g/mol. The minimum absolute atomic E-state index is 0.335. The van der Waals surface area contributed by atoms with Crippen LogP contribution in [0.5, 0.6) is 0 Å². The first-order valence-corrected chi connectivity index (χ1v) is 5.92. The van der Waals surface area contributed by atoms with Crippen LogP contribution in [0.25, 0.3) is 0 Å². The number of carboxylic acids is 1. The third kappa shape index (κ3) is 3.39. The van der Waals surface area contributed by atoms with E-state index in [-0.39, 0.29) is 0 Å². The molecule has 2 N–H and O–H groups in total. The molecule has 0 saturated carbocycles. The van der Waals surface area contributed by atoms with E-state index < -0.39 is 11.4 Å². The Morgan fingerprint density at radius 3 is 2.75 bits per heavy atom. The molecular weight excluding hydrogens is 293 g/mol. The normalized spacial score (nSPS) is 11.2. The van der Waals surface area contributed by atoms with Gasteiger partial charge in [-0.25, -0.2) is 0 Å². The van der Waals surface area contributed by atoms with E-state index in [1.54, 1.807) is 26.0 Å². The van der Waals surface area contributed by atoms with Crippen LogP contribution in [0.1, 0.15) is 13.8 Å². The molecule has 16 heavy (non-hydrogen) atoms. The van der Waals surface area contributed by atoms with Gasteiger partial charge >= 0.3 is 5.97 Å². The fourth-order valence-corrected chi connectivity index (χ4v) is 1.58. The van der Waals surface area contributed by atoms with Gasteiger partial charge in [0.25, 0.3) is 0 Å². The Morgan fingerprint density at radius 1 is 1.56 bits per heavy atom. The predicted molar refractivity (Wildman–Crippen MR) is 69.1 cm³/mol. The van der Waals surface area contributed by atoms with Gasteiger partial charge in [-0.05, 0) is 48.0 Å². The summed E-state index contributed by atoms with van der Waals surface area (Å²) in [6.07, 6.45) is 0. The Bertz CT molecular complexity index is 407. The summed E-state index contributed by atoms with van der Waals surface area (Å²) in [5, 5.41) is 12.6. The standard InChI is InChI=1S/C11H13BrClNO2/c1-11(2,10(15)16)6-14-9-5-7(13)3-4-8(9)12/h3-5,14H,6H2,1-2H3,(H,15,16). The summed E-state index contributed by atoms with van der Waals surface area (Å²) in [7, 11) is 0. The molecule has 0 aromatic heterocycles. The van der Waals surface area contributed by atoms with Gasteiger partial charge in [-0.3, -0.25) is 4.79 Å². The molecule has 0 unspecified atom stereocenters. The molecule has 1 rings (SSSR count). The minimum Gasteiger partial charge on any atom is -0.481 e. The number of carbonyl (C=O) groups is 1. The molecule has 0 atom stereocenters. The Balaban J connectivity index is 2.75. The van der Waals surface area contributed by atoms with E-state index in [0.717, 1.165) is 10.2 Å². The zero-order valence-corrected chi connectivity index (χ0v) is 11.4. The number of aliphatic carboxylic acids is 1. The van der Waals surface area contributed by atoms with Crippen molar-refractivity contribution in [1.29, 1.82) is 0 Å². The van der Waals surface area contributed by atoms with Crippen molar-refractivity contribution in [3.63, 3.8) is 0 Å². The van der Waals surface area contributed by atoms with Crippen LogP contribution in [0.2, 0.25) is 5.02 Å². The van der Waals surface area contributed by atoms with Crippen LogP contribution in [0.3, 0.4) is 0 Å². The van der Waals surface area contributed by atoms with E-state index in [0.29, 0.717) is 11.6 Å². The van der Waals surface area contributed by atoms with Gasteiger partial charge in [-0.2, -0.15) is 0 Å². The average Bonchev–Trinajstić information content (AvgIpc) is 2.19. The Morgan fingerprint density at radius 2 is 2.19 bits per heavy atom. The van der Waals surface area contributed by atoms with Crippen LogP contribution in [0, 0.1) is 5.41 Å². The Labute approximate surface area is 108 Å². The highest BCUT2D eigenvalue weighted by Gasteiger charge is 2.26. The molecule has 0 bridgehead atoms. The number of hydrogen-bond acceptors (Lipinski definition) is 2. The second kappa shape index (κ2) is 5.06. The second-order valence-electron chi connectivity index (χ2n) is 4.17. The predicted octanol–water partition coefficient (Wildman–Crippen LogP) is 3.63. The number of anilines is 1. The van der Waals surface area contributed by atoms with Crippen molar-refractivity contribution in [3.05, 3.63) is 27.7 Å². The Hall–Kier alpha value is -0.740. The van der Waals surface area contributed by atoms with Crippen molar-refractivity contribution < 1.29 is 9.90 Å².